The molecule has 1 aliphatic heterocycles. The summed E-state index contributed by atoms with van der Waals surface area (Å²) in [6, 6.07) is 8.56. The molecule has 1 aliphatic carbocycles. The highest BCUT2D eigenvalue weighted by atomic mass is 35.5. The summed E-state index contributed by atoms with van der Waals surface area (Å²) in [6.45, 7) is 2.42. The van der Waals surface area contributed by atoms with Gasteiger partial charge in [-0.1, -0.05) is 36.6 Å². The van der Waals surface area contributed by atoms with Crippen molar-refractivity contribution in [3.05, 3.63) is 34.9 Å². The van der Waals surface area contributed by atoms with Crippen molar-refractivity contribution in [1.82, 2.24) is 9.80 Å². The molecule has 2 fully saturated rings. The molecule has 0 bridgehead atoms. The van der Waals surface area contributed by atoms with Gasteiger partial charge in [0.15, 0.2) is 0 Å². The molecule has 1 amide bonds. The fourth-order valence-electron chi connectivity index (χ4n) is 4.13. The van der Waals surface area contributed by atoms with Crippen molar-refractivity contribution in [1.29, 1.82) is 0 Å². The number of hydrogen-bond donors (Lipinski definition) is 0. The summed E-state index contributed by atoms with van der Waals surface area (Å²) in [4.78, 5) is 17.4. The third kappa shape index (κ3) is 4.07. The second-order valence-corrected chi connectivity index (χ2v) is 7.41. The molecule has 2 aliphatic rings. The monoisotopic (exact) mass is 334 g/mol. The first-order valence-corrected chi connectivity index (χ1v) is 9.27. The van der Waals surface area contributed by atoms with Gasteiger partial charge in [0, 0.05) is 24.2 Å². The Labute approximate surface area is 144 Å². The Morgan fingerprint density at radius 2 is 1.78 bits per heavy atom. The molecule has 3 rings (SSSR count). The van der Waals surface area contributed by atoms with Gasteiger partial charge in [-0.25, -0.2) is 0 Å². The zero-order valence-corrected chi connectivity index (χ0v) is 14.8. The van der Waals surface area contributed by atoms with Crippen LogP contribution in [0, 0.1) is 0 Å². The van der Waals surface area contributed by atoms with E-state index in [1.807, 2.05) is 36.2 Å². The lowest BCUT2D eigenvalue weighted by atomic mass is 9.88. The van der Waals surface area contributed by atoms with Crippen LogP contribution in [0.2, 0.25) is 5.02 Å². The second-order valence-electron chi connectivity index (χ2n) is 6.97. The van der Waals surface area contributed by atoms with Gasteiger partial charge < -0.3 is 4.90 Å². The van der Waals surface area contributed by atoms with Crippen molar-refractivity contribution in [2.75, 3.05) is 20.1 Å². The fourth-order valence-corrected chi connectivity index (χ4v) is 4.26. The predicted octanol–water partition coefficient (Wildman–Crippen LogP) is 3.75. The molecule has 1 aromatic rings. The summed E-state index contributed by atoms with van der Waals surface area (Å²) >= 11 is 5.92. The summed E-state index contributed by atoms with van der Waals surface area (Å²) in [5.74, 6) is 0.225. The van der Waals surface area contributed by atoms with Gasteiger partial charge in [0.05, 0.1) is 6.42 Å². The van der Waals surface area contributed by atoms with E-state index in [1.165, 1.54) is 45.2 Å². The molecule has 3 nitrogen and oxygen atoms in total. The predicted molar refractivity (Wildman–Crippen MR) is 94.8 cm³/mol. The van der Waals surface area contributed by atoms with Crippen LogP contribution >= 0.6 is 11.6 Å². The second kappa shape index (κ2) is 7.67. The van der Waals surface area contributed by atoms with E-state index in [0.717, 1.165) is 17.0 Å². The molecule has 1 saturated carbocycles. The van der Waals surface area contributed by atoms with Crippen LogP contribution in [0.1, 0.15) is 44.1 Å². The molecule has 0 spiro atoms. The number of carbonyl (C=O) groups is 1. The first kappa shape index (κ1) is 16.8. The maximum Gasteiger partial charge on any atom is 0.227 e. The lowest BCUT2D eigenvalue weighted by Gasteiger charge is -2.42. The van der Waals surface area contributed by atoms with Crippen molar-refractivity contribution in [3.8, 4) is 0 Å². The van der Waals surface area contributed by atoms with Crippen molar-refractivity contribution in [2.45, 2.75) is 57.0 Å². The van der Waals surface area contributed by atoms with Gasteiger partial charge in [-0.3, -0.25) is 9.69 Å². The highest BCUT2D eigenvalue weighted by Crippen LogP contribution is 2.29. The molecule has 1 saturated heterocycles. The standard InChI is InChI=1S/C19H27ClN2O/c1-21(19(23)14-15-8-10-16(20)11-9-15)17-6-2-3-7-18(17)22-12-4-5-13-22/h8-11,17-18H,2-7,12-14H2,1H3/t17-,18+/m1/s1. The first-order chi connectivity index (χ1) is 11.1. The third-order valence-corrected chi connectivity index (χ3v) is 5.72. The summed E-state index contributed by atoms with van der Waals surface area (Å²) in [5.41, 5.74) is 1.04. The molecule has 126 valence electrons. The lowest BCUT2D eigenvalue weighted by Crippen LogP contribution is -2.53. The number of halogens is 1. The topological polar surface area (TPSA) is 23.6 Å². The maximum absolute atomic E-state index is 12.7. The number of rotatable bonds is 4. The SMILES string of the molecule is CN(C(=O)Cc1ccc(Cl)cc1)[C@@H]1CCCC[C@@H]1N1CCCC1. The highest BCUT2D eigenvalue weighted by Gasteiger charge is 2.35. The number of likely N-dealkylation sites (tertiary alicyclic amines) is 1. The molecule has 0 aromatic heterocycles. The highest BCUT2D eigenvalue weighted by molar-refractivity contribution is 6.30. The molecular formula is C19H27ClN2O. The molecule has 1 aromatic carbocycles. The van der Waals surface area contributed by atoms with E-state index in [4.69, 9.17) is 11.6 Å². The minimum Gasteiger partial charge on any atom is -0.341 e. The van der Waals surface area contributed by atoms with Crippen molar-refractivity contribution >= 4 is 17.5 Å². The van der Waals surface area contributed by atoms with Crippen molar-refractivity contribution < 1.29 is 4.79 Å². The molecule has 1 heterocycles. The Morgan fingerprint density at radius 1 is 1.13 bits per heavy atom. The Balaban J connectivity index is 1.65. The lowest BCUT2D eigenvalue weighted by molar-refractivity contribution is -0.133. The summed E-state index contributed by atoms with van der Waals surface area (Å²) in [7, 11) is 2.00. The normalized spacial score (nSPS) is 25.5. The van der Waals surface area contributed by atoms with Gasteiger partial charge in [0.1, 0.15) is 0 Å². The third-order valence-electron chi connectivity index (χ3n) is 5.46. The van der Waals surface area contributed by atoms with E-state index >= 15 is 0 Å². The zero-order chi connectivity index (χ0) is 16.2. The summed E-state index contributed by atoms with van der Waals surface area (Å²) < 4.78 is 0. The fraction of sp³-hybridized carbons (Fsp3) is 0.632. The summed E-state index contributed by atoms with van der Waals surface area (Å²) in [6.07, 6.45) is 8.02. The van der Waals surface area contributed by atoms with Crippen molar-refractivity contribution in [3.63, 3.8) is 0 Å². The Kier molecular flexibility index (Phi) is 5.60. The Bertz CT molecular complexity index is 525. The molecule has 4 heteroatoms. The van der Waals surface area contributed by atoms with Gasteiger partial charge in [-0.05, 0) is 56.5 Å². The number of benzene rings is 1. The minimum absolute atomic E-state index is 0.225. The molecular weight excluding hydrogens is 308 g/mol. The van der Waals surface area contributed by atoms with Gasteiger partial charge in [0.25, 0.3) is 0 Å². The zero-order valence-electron chi connectivity index (χ0n) is 14.0. The van der Waals surface area contributed by atoms with E-state index in [0.29, 0.717) is 18.5 Å². The number of amides is 1. The van der Waals surface area contributed by atoms with Crippen LogP contribution in [0.5, 0.6) is 0 Å². The number of hydrogen-bond acceptors (Lipinski definition) is 2. The van der Waals surface area contributed by atoms with Crippen LogP contribution in [0.15, 0.2) is 24.3 Å². The van der Waals surface area contributed by atoms with Gasteiger partial charge >= 0.3 is 0 Å². The maximum atomic E-state index is 12.7. The van der Waals surface area contributed by atoms with Gasteiger partial charge in [0.2, 0.25) is 5.91 Å². The Hall–Kier alpha value is -1.06. The molecule has 0 unspecified atom stereocenters. The molecule has 0 radical (unpaired) electrons. The number of carbonyl (C=O) groups excluding carboxylic acids is 1. The van der Waals surface area contributed by atoms with Gasteiger partial charge in [-0.2, -0.15) is 0 Å². The molecule has 2 atom stereocenters. The molecule has 23 heavy (non-hydrogen) atoms. The van der Waals surface area contributed by atoms with E-state index in [9.17, 15) is 4.79 Å². The summed E-state index contributed by atoms with van der Waals surface area (Å²) in [5, 5.41) is 0.718. The first-order valence-electron chi connectivity index (χ1n) is 8.89. The Morgan fingerprint density at radius 3 is 2.48 bits per heavy atom. The van der Waals surface area contributed by atoms with Crippen LogP contribution in [-0.2, 0) is 11.2 Å². The number of nitrogens with zero attached hydrogens (tertiary/aromatic N) is 2. The quantitative estimate of drug-likeness (QED) is 0.837. The van der Waals surface area contributed by atoms with E-state index in [2.05, 4.69) is 4.90 Å². The van der Waals surface area contributed by atoms with E-state index in [1.54, 1.807) is 0 Å². The van der Waals surface area contributed by atoms with Crippen LogP contribution in [0.25, 0.3) is 0 Å². The van der Waals surface area contributed by atoms with Crippen LogP contribution in [-0.4, -0.2) is 47.9 Å². The van der Waals surface area contributed by atoms with Crippen LogP contribution in [0.4, 0.5) is 0 Å². The van der Waals surface area contributed by atoms with Crippen LogP contribution in [0.3, 0.4) is 0 Å². The van der Waals surface area contributed by atoms with E-state index in [-0.39, 0.29) is 5.91 Å². The van der Waals surface area contributed by atoms with Gasteiger partial charge in [-0.15, -0.1) is 0 Å². The minimum atomic E-state index is 0.225. The average Bonchev–Trinajstić information content (AvgIpc) is 3.10. The van der Waals surface area contributed by atoms with Crippen LogP contribution < -0.4 is 0 Å². The molecule has 0 N–H and O–H groups in total. The van der Waals surface area contributed by atoms with E-state index < -0.39 is 0 Å². The smallest absolute Gasteiger partial charge is 0.227 e. The van der Waals surface area contributed by atoms with Crippen molar-refractivity contribution in [2.24, 2.45) is 0 Å². The number of likely N-dealkylation sites (N-methyl/N-ethyl adjacent to an activating group) is 1. The average molecular weight is 335 g/mol. The largest absolute Gasteiger partial charge is 0.341 e.